The Balaban J connectivity index is 2.33. The quantitative estimate of drug-likeness (QED) is 0.237. The normalized spacial score (nSPS) is 24.6. The molecule has 0 amide bonds. The lowest BCUT2D eigenvalue weighted by atomic mass is 9.94. The molecule has 0 unspecified atom stereocenters. The first-order valence-corrected chi connectivity index (χ1v) is 4.45. The zero-order valence-corrected chi connectivity index (χ0v) is 7.90. The van der Waals surface area contributed by atoms with Gasteiger partial charge in [0.15, 0.2) is 5.84 Å². The largest absolute Gasteiger partial charge is 0.409 e. The van der Waals surface area contributed by atoms with Gasteiger partial charge in [0.05, 0.1) is 12.1 Å². The molecule has 4 N–H and O–H groups in total. The van der Waals surface area contributed by atoms with Crippen LogP contribution in [0.15, 0.2) is 5.16 Å². The molecule has 0 aromatic carbocycles. The Morgan fingerprint density at radius 3 is 2.54 bits per heavy atom. The average molecular weight is 187 g/mol. The fraction of sp³-hybridized carbons (Fsp3) is 0.875. The lowest BCUT2D eigenvalue weighted by molar-refractivity contribution is -0.00170. The molecular weight excluding hydrogens is 170 g/mol. The zero-order valence-electron chi connectivity index (χ0n) is 7.90. The van der Waals surface area contributed by atoms with Gasteiger partial charge in [-0.05, 0) is 19.8 Å². The highest BCUT2D eigenvalue weighted by molar-refractivity contribution is 5.81. The van der Waals surface area contributed by atoms with Crippen LogP contribution < -0.4 is 5.73 Å². The number of hydrogen-bond donors (Lipinski definition) is 3. The van der Waals surface area contributed by atoms with E-state index in [1.807, 2.05) is 6.92 Å². The molecule has 1 rings (SSSR count). The van der Waals surface area contributed by atoms with E-state index < -0.39 is 5.60 Å². The minimum Gasteiger partial charge on any atom is -0.409 e. The summed E-state index contributed by atoms with van der Waals surface area (Å²) in [5, 5.41) is 20.9. The molecule has 13 heavy (non-hydrogen) atoms. The predicted molar refractivity (Wildman–Crippen MR) is 49.7 cm³/mol. The van der Waals surface area contributed by atoms with E-state index in [9.17, 15) is 5.11 Å². The standard InChI is InChI=1S/C8H17N3O2/c1-8(12)2-4-11(5-3-8)6-7(9)10-13/h12-13H,2-6H2,1H3,(H2,9,10). The van der Waals surface area contributed by atoms with Crippen LogP contribution in [0.5, 0.6) is 0 Å². The first kappa shape index (κ1) is 10.3. The number of piperidine rings is 1. The van der Waals surface area contributed by atoms with E-state index in [0.717, 1.165) is 25.9 Å². The number of nitrogens with zero attached hydrogens (tertiary/aromatic N) is 2. The van der Waals surface area contributed by atoms with Gasteiger partial charge in [-0.15, -0.1) is 0 Å². The first-order chi connectivity index (χ1) is 6.03. The molecule has 0 radical (unpaired) electrons. The number of hydrogen-bond acceptors (Lipinski definition) is 4. The van der Waals surface area contributed by atoms with Gasteiger partial charge >= 0.3 is 0 Å². The van der Waals surface area contributed by atoms with Gasteiger partial charge < -0.3 is 16.0 Å². The minimum absolute atomic E-state index is 0.224. The molecule has 0 bridgehead atoms. The van der Waals surface area contributed by atoms with Crippen molar-refractivity contribution in [2.75, 3.05) is 19.6 Å². The number of likely N-dealkylation sites (tertiary alicyclic amines) is 1. The molecule has 1 fully saturated rings. The highest BCUT2D eigenvalue weighted by Gasteiger charge is 2.27. The maximum absolute atomic E-state index is 9.65. The van der Waals surface area contributed by atoms with Crippen molar-refractivity contribution in [1.82, 2.24) is 4.90 Å². The Kier molecular flexibility index (Phi) is 3.11. The predicted octanol–water partition coefficient (Wildman–Crippen LogP) is -0.420. The smallest absolute Gasteiger partial charge is 0.153 e. The Labute approximate surface area is 77.8 Å². The van der Waals surface area contributed by atoms with Crippen molar-refractivity contribution in [3.63, 3.8) is 0 Å². The van der Waals surface area contributed by atoms with Gasteiger partial charge in [-0.2, -0.15) is 0 Å². The van der Waals surface area contributed by atoms with Gasteiger partial charge in [-0.1, -0.05) is 5.16 Å². The van der Waals surface area contributed by atoms with E-state index in [4.69, 9.17) is 10.9 Å². The third-order valence-corrected chi connectivity index (χ3v) is 2.45. The fourth-order valence-electron chi connectivity index (χ4n) is 1.45. The third kappa shape index (κ3) is 3.20. The van der Waals surface area contributed by atoms with Crippen molar-refractivity contribution in [3.8, 4) is 0 Å². The van der Waals surface area contributed by atoms with Crippen molar-refractivity contribution < 1.29 is 10.3 Å². The van der Waals surface area contributed by atoms with Gasteiger partial charge in [-0.3, -0.25) is 4.90 Å². The first-order valence-electron chi connectivity index (χ1n) is 4.45. The molecule has 5 nitrogen and oxygen atoms in total. The summed E-state index contributed by atoms with van der Waals surface area (Å²) in [4.78, 5) is 2.06. The Morgan fingerprint density at radius 2 is 2.08 bits per heavy atom. The molecule has 76 valence electrons. The van der Waals surface area contributed by atoms with E-state index in [0.29, 0.717) is 6.54 Å². The van der Waals surface area contributed by atoms with Crippen LogP contribution in [0.1, 0.15) is 19.8 Å². The molecule has 0 aromatic rings. The van der Waals surface area contributed by atoms with E-state index in [-0.39, 0.29) is 5.84 Å². The molecule has 1 aliphatic heterocycles. The van der Waals surface area contributed by atoms with Crippen LogP contribution in [-0.2, 0) is 0 Å². The van der Waals surface area contributed by atoms with Crippen molar-refractivity contribution >= 4 is 5.84 Å². The number of rotatable bonds is 2. The molecule has 1 heterocycles. The monoisotopic (exact) mass is 187 g/mol. The van der Waals surface area contributed by atoms with Crippen molar-refractivity contribution in [1.29, 1.82) is 0 Å². The van der Waals surface area contributed by atoms with Gasteiger partial charge in [0.2, 0.25) is 0 Å². The van der Waals surface area contributed by atoms with Crippen LogP contribution >= 0.6 is 0 Å². The Hall–Kier alpha value is -0.810. The van der Waals surface area contributed by atoms with Crippen molar-refractivity contribution in [3.05, 3.63) is 0 Å². The zero-order chi connectivity index (χ0) is 9.90. The molecule has 1 saturated heterocycles. The molecule has 1 aliphatic rings. The third-order valence-electron chi connectivity index (χ3n) is 2.45. The number of amidine groups is 1. The highest BCUT2D eigenvalue weighted by atomic mass is 16.4. The minimum atomic E-state index is -0.540. The average Bonchev–Trinajstić information content (AvgIpc) is 2.08. The molecule has 0 aromatic heterocycles. The van der Waals surface area contributed by atoms with E-state index >= 15 is 0 Å². The molecule has 0 atom stereocenters. The van der Waals surface area contributed by atoms with Gasteiger partial charge in [0.1, 0.15) is 0 Å². The van der Waals surface area contributed by atoms with Gasteiger partial charge in [0.25, 0.3) is 0 Å². The van der Waals surface area contributed by atoms with Crippen LogP contribution in [0.25, 0.3) is 0 Å². The summed E-state index contributed by atoms with van der Waals surface area (Å²) in [5.41, 5.74) is 4.83. The second-order valence-electron chi connectivity index (χ2n) is 3.86. The lowest BCUT2D eigenvalue weighted by Crippen LogP contribution is -2.45. The molecule has 0 aliphatic carbocycles. The van der Waals surface area contributed by atoms with Gasteiger partial charge in [-0.25, -0.2) is 0 Å². The van der Waals surface area contributed by atoms with Gasteiger partial charge in [0, 0.05) is 13.1 Å². The summed E-state index contributed by atoms with van der Waals surface area (Å²) in [6, 6.07) is 0. The summed E-state index contributed by atoms with van der Waals surface area (Å²) < 4.78 is 0. The van der Waals surface area contributed by atoms with Crippen LogP contribution in [-0.4, -0.2) is 46.3 Å². The van der Waals surface area contributed by atoms with Crippen LogP contribution in [0.3, 0.4) is 0 Å². The topological polar surface area (TPSA) is 82.1 Å². The lowest BCUT2D eigenvalue weighted by Gasteiger charge is -2.35. The van der Waals surface area contributed by atoms with E-state index in [1.54, 1.807) is 0 Å². The number of aliphatic hydroxyl groups is 1. The second kappa shape index (κ2) is 3.93. The number of nitrogens with two attached hydrogens (primary N) is 1. The van der Waals surface area contributed by atoms with Crippen molar-refractivity contribution in [2.45, 2.75) is 25.4 Å². The van der Waals surface area contributed by atoms with Crippen LogP contribution in [0, 0.1) is 0 Å². The maximum atomic E-state index is 9.65. The van der Waals surface area contributed by atoms with E-state index in [1.165, 1.54) is 0 Å². The second-order valence-corrected chi connectivity index (χ2v) is 3.86. The maximum Gasteiger partial charge on any atom is 0.153 e. The number of oxime groups is 1. The summed E-state index contributed by atoms with van der Waals surface area (Å²) >= 11 is 0. The summed E-state index contributed by atoms with van der Waals surface area (Å²) in [5.74, 6) is 0.224. The molecule has 0 saturated carbocycles. The molecule has 5 heteroatoms. The molecule has 0 spiro atoms. The fourth-order valence-corrected chi connectivity index (χ4v) is 1.45. The SMILES string of the molecule is CC1(O)CCN(CC(N)=NO)CC1. The Morgan fingerprint density at radius 1 is 1.54 bits per heavy atom. The summed E-state index contributed by atoms with van der Waals surface area (Å²) in [6.07, 6.45) is 1.48. The van der Waals surface area contributed by atoms with Crippen LogP contribution in [0.2, 0.25) is 0 Å². The van der Waals surface area contributed by atoms with Crippen LogP contribution in [0.4, 0.5) is 0 Å². The summed E-state index contributed by atoms with van der Waals surface area (Å²) in [7, 11) is 0. The highest BCUT2D eigenvalue weighted by Crippen LogP contribution is 2.20. The Bertz CT molecular complexity index is 194. The van der Waals surface area contributed by atoms with Crippen molar-refractivity contribution in [2.24, 2.45) is 10.9 Å². The molecular formula is C8H17N3O2. The summed E-state index contributed by atoms with van der Waals surface area (Å²) in [6.45, 7) is 3.91. The van der Waals surface area contributed by atoms with E-state index in [2.05, 4.69) is 10.1 Å².